The molecule has 0 rings (SSSR count). The van der Waals surface area contributed by atoms with Crippen molar-refractivity contribution < 1.29 is 4.79 Å². The molecule has 0 aliphatic carbocycles. The maximum Gasteiger partial charge on any atom is 0.339 e. The lowest BCUT2D eigenvalue weighted by Crippen LogP contribution is -2.23. The van der Waals surface area contributed by atoms with Crippen molar-refractivity contribution in [3.8, 4) is 6.57 Å². The highest BCUT2D eigenvalue weighted by Gasteiger charge is 2.06. The molecule has 0 aromatic carbocycles. The Morgan fingerprint density at radius 2 is 2.25 bits per heavy atom. The SMILES string of the molecule is C#[N+]CC(=O)N(C)C. The van der Waals surface area contributed by atoms with Gasteiger partial charge in [-0.15, -0.1) is 0 Å². The van der Waals surface area contributed by atoms with Gasteiger partial charge in [0.2, 0.25) is 0 Å². The zero-order valence-corrected chi connectivity index (χ0v) is 5.09. The van der Waals surface area contributed by atoms with Crippen LogP contribution in [0.5, 0.6) is 0 Å². The molecule has 0 radical (unpaired) electrons. The molecule has 0 heterocycles. The number of likely N-dealkylation sites (N-methyl/N-ethyl adjacent to an activating group) is 1. The number of amides is 1. The summed E-state index contributed by atoms with van der Waals surface area (Å²) >= 11 is 0. The average molecular weight is 113 g/mol. The maximum atomic E-state index is 10.5. The van der Waals surface area contributed by atoms with Crippen LogP contribution < -0.4 is 0 Å². The van der Waals surface area contributed by atoms with E-state index in [0.29, 0.717) is 0 Å². The summed E-state index contributed by atoms with van der Waals surface area (Å²) in [6, 6.07) is 0. The summed E-state index contributed by atoms with van der Waals surface area (Å²) in [5.41, 5.74) is 0. The zero-order valence-electron chi connectivity index (χ0n) is 5.09. The quantitative estimate of drug-likeness (QED) is 0.471. The fourth-order valence-corrected chi connectivity index (χ4v) is 0.220. The van der Waals surface area contributed by atoms with Crippen LogP contribution in [0.4, 0.5) is 0 Å². The normalized spacial score (nSPS) is 7.62. The molecule has 0 aromatic heterocycles. The lowest BCUT2D eigenvalue weighted by molar-refractivity contribution is -0.126. The standard InChI is InChI=1S/C5H9N2O/c1-6-4-5(8)7(2)3/h1H,4H2,2-3H3/q+1. The van der Waals surface area contributed by atoms with Gasteiger partial charge in [-0.3, -0.25) is 4.79 Å². The van der Waals surface area contributed by atoms with Crippen LogP contribution in [-0.2, 0) is 4.79 Å². The number of rotatable bonds is 1. The summed E-state index contributed by atoms with van der Waals surface area (Å²) in [6.45, 7) is 4.82. The Labute approximate surface area is 48.7 Å². The van der Waals surface area contributed by atoms with E-state index in [4.69, 9.17) is 6.57 Å². The Hall–Kier alpha value is -1.04. The van der Waals surface area contributed by atoms with Crippen LogP contribution in [0.15, 0.2) is 0 Å². The predicted octanol–water partition coefficient (Wildman–Crippen LogP) is 0.0373. The zero-order chi connectivity index (χ0) is 6.57. The van der Waals surface area contributed by atoms with Gasteiger partial charge in [-0.1, -0.05) is 4.85 Å². The third kappa shape index (κ3) is 2.19. The predicted molar refractivity (Wildman–Crippen MR) is 31.9 cm³/mol. The van der Waals surface area contributed by atoms with E-state index < -0.39 is 0 Å². The molecule has 0 saturated heterocycles. The minimum absolute atomic E-state index is 0.0764. The fraction of sp³-hybridized carbons (Fsp3) is 0.600. The van der Waals surface area contributed by atoms with Gasteiger partial charge < -0.3 is 4.90 Å². The van der Waals surface area contributed by atoms with Crippen LogP contribution in [0.2, 0.25) is 0 Å². The molecule has 8 heavy (non-hydrogen) atoms. The van der Waals surface area contributed by atoms with E-state index in [-0.39, 0.29) is 12.5 Å². The van der Waals surface area contributed by atoms with Crippen molar-refractivity contribution in [2.45, 2.75) is 0 Å². The summed E-state index contributed by atoms with van der Waals surface area (Å²) in [5.74, 6) is -0.0764. The van der Waals surface area contributed by atoms with Gasteiger partial charge in [-0.2, -0.15) is 0 Å². The van der Waals surface area contributed by atoms with E-state index >= 15 is 0 Å². The molecule has 0 aromatic rings. The van der Waals surface area contributed by atoms with E-state index in [1.807, 2.05) is 0 Å². The van der Waals surface area contributed by atoms with Gasteiger partial charge >= 0.3 is 12.5 Å². The number of carbonyl (C=O) groups is 1. The first-order valence-electron chi connectivity index (χ1n) is 2.25. The minimum Gasteiger partial charge on any atom is -0.342 e. The van der Waals surface area contributed by atoms with E-state index in [0.717, 1.165) is 0 Å². The second kappa shape index (κ2) is 3.03. The monoisotopic (exact) mass is 113 g/mol. The molecule has 0 bridgehead atoms. The first kappa shape index (κ1) is 6.96. The van der Waals surface area contributed by atoms with E-state index in [1.54, 1.807) is 14.1 Å². The molecule has 0 aliphatic rings. The topological polar surface area (TPSA) is 24.7 Å². The second-order valence-corrected chi connectivity index (χ2v) is 1.63. The lowest BCUT2D eigenvalue weighted by Gasteiger charge is -2.01. The third-order valence-corrected chi connectivity index (χ3v) is 0.725. The van der Waals surface area contributed by atoms with Gasteiger partial charge in [0.05, 0.1) is 0 Å². The minimum atomic E-state index is -0.0764. The van der Waals surface area contributed by atoms with Gasteiger partial charge in [-0.05, 0) is 0 Å². The van der Waals surface area contributed by atoms with Crippen LogP contribution in [-0.4, -0.2) is 31.4 Å². The Bertz CT molecular complexity index is 123. The Morgan fingerprint density at radius 3 is 2.38 bits per heavy atom. The highest BCUT2D eigenvalue weighted by molar-refractivity contribution is 5.79. The summed E-state index contributed by atoms with van der Waals surface area (Å²) in [7, 11) is 3.32. The van der Waals surface area contributed by atoms with E-state index in [1.165, 1.54) is 4.90 Å². The van der Waals surface area contributed by atoms with Crippen molar-refractivity contribution in [1.29, 1.82) is 0 Å². The van der Waals surface area contributed by atoms with Crippen molar-refractivity contribution in [3.05, 3.63) is 4.85 Å². The van der Waals surface area contributed by atoms with Gasteiger partial charge in [0.1, 0.15) is 0 Å². The van der Waals surface area contributed by atoms with Crippen molar-refractivity contribution in [2.24, 2.45) is 0 Å². The molecular formula is C5H9N2O+. The highest BCUT2D eigenvalue weighted by atomic mass is 16.2. The average Bonchev–Trinajstić information content (AvgIpc) is 1.67. The van der Waals surface area contributed by atoms with Gasteiger partial charge in [0.25, 0.3) is 6.57 Å². The smallest absolute Gasteiger partial charge is 0.339 e. The molecule has 1 amide bonds. The molecule has 0 unspecified atom stereocenters. The Kier molecular flexibility index (Phi) is 2.63. The molecule has 0 aliphatic heterocycles. The number of carbonyl (C=O) groups excluding carboxylic acids is 1. The van der Waals surface area contributed by atoms with Crippen LogP contribution in [0, 0.1) is 6.57 Å². The first-order chi connectivity index (χ1) is 3.68. The molecule has 0 saturated carbocycles. The molecule has 44 valence electrons. The summed E-state index contributed by atoms with van der Waals surface area (Å²) in [6.07, 6.45) is 0. The number of hydrogen-bond donors (Lipinski definition) is 0. The molecule has 0 spiro atoms. The van der Waals surface area contributed by atoms with Crippen molar-refractivity contribution in [2.75, 3.05) is 20.6 Å². The molecular weight excluding hydrogens is 104 g/mol. The molecule has 3 nitrogen and oxygen atoms in total. The van der Waals surface area contributed by atoms with Gasteiger partial charge in [-0.25, -0.2) is 0 Å². The van der Waals surface area contributed by atoms with Crippen molar-refractivity contribution >= 4 is 5.91 Å². The van der Waals surface area contributed by atoms with E-state index in [2.05, 4.69) is 4.85 Å². The van der Waals surface area contributed by atoms with Crippen molar-refractivity contribution in [3.63, 3.8) is 0 Å². The number of nitrogens with zero attached hydrogens (tertiary/aromatic N) is 2. The molecule has 0 atom stereocenters. The second-order valence-electron chi connectivity index (χ2n) is 1.63. The first-order valence-corrected chi connectivity index (χ1v) is 2.25. The van der Waals surface area contributed by atoms with Gasteiger partial charge in [0.15, 0.2) is 0 Å². The molecule has 0 N–H and O–H groups in total. The maximum absolute atomic E-state index is 10.5. The van der Waals surface area contributed by atoms with E-state index in [9.17, 15) is 4.79 Å². The Morgan fingerprint density at radius 1 is 1.75 bits per heavy atom. The van der Waals surface area contributed by atoms with Gasteiger partial charge in [0, 0.05) is 14.1 Å². The Balaban J connectivity index is 3.53. The van der Waals surface area contributed by atoms with Crippen LogP contribution in [0.25, 0.3) is 4.85 Å². The van der Waals surface area contributed by atoms with Crippen LogP contribution >= 0.6 is 0 Å². The highest BCUT2D eigenvalue weighted by Crippen LogP contribution is 1.77. The van der Waals surface area contributed by atoms with Crippen molar-refractivity contribution in [1.82, 2.24) is 4.90 Å². The summed E-state index contributed by atoms with van der Waals surface area (Å²) in [5, 5.41) is 0. The summed E-state index contributed by atoms with van der Waals surface area (Å²) in [4.78, 5) is 15.1. The summed E-state index contributed by atoms with van der Waals surface area (Å²) < 4.78 is 0. The third-order valence-electron chi connectivity index (χ3n) is 0.725. The molecule has 3 heteroatoms. The van der Waals surface area contributed by atoms with Crippen LogP contribution in [0.1, 0.15) is 0 Å². The molecule has 0 fully saturated rings. The fourth-order valence-electron chi connectivity index (χ4n) is 0.220. The largest absolute Gasteiger partial charge is 0.342 e. The number of hydrogen-bond acceptors (Lipinski definition) is 1. The van der Waals surface area contributed by atoms with Crippen LogP contribution in [0.3, 0.4) is 0 Å². The lowest BCUT2D eigenvalue weighted by atomic mass is 10.6.